The van der Waals surface area contributed by atoms with Crippen molar-refractivity contribution in [3.05, 3.63) is 39.9 Å². The predicted molar refractivity (Wildman–Crippen MR) is 90.3 cm³/mol. The minimum Gasteiger partial charge on any atom is -0.493 e. The molecule has 0 radical (unpaired) electrons. The van der Waals surface area contributed by atoms with Crippen molar-refractivity contribution >= 4 is 15.9 Å². The van der Waals surface area contributed by atoms with E-state index in [1.54, 1.807) is 0 Å². The second-order valence-electron chi connectivity index (χ2n) is 5.79. The van der Waals surface area contributed by atoms with Crippen LogP contribution in [-0.4, -0.2) is 13.2 Å². The van der Waals surface area contributed by atoms with Crippen LogP contribution in [0.5, 0.6) is 5.75 Å². The summed E-state index contributed by atoms with van der Waals surface area (Å²) in [5, 5.41) is 3.48. The van der Waals surface area contributed by atoms with Crippen LogP contribution in [-0.2, 0) is 6.54 Å². The summed E-state index contributed by atoms with van der Waals surface area (Å²) in [6.07, 6.45) is 0.897. The molecule has 0 atom stereocenters. The number of nitrogens with one attached hydrogen (secondary N) is 1. The lowest BCUT2D eigenvalue weighted by atomic mass is 10.1. The summed E-state index contributed by atoms with van der Waals surface area (Å²) in [7, 11) is 0. The number of hydrogen-bond acceptors (Lipinski definition) is 2. The first-order valence-electron chi connectivity index (χ1n) is 7.17. The van der Waals surface area contributed by atoms with Crippen LogP contribution in [0.4, 0.5) is 0 Å². The van der Waals surface area contributed by atoms with E-state index in [1.807, 2.05) is 6.92 Å². The molecule has 0 saturated heterocycles. The monoisotopic (exact) mass is 339 g/mol. The maximum atomic E-state index is 5.97. The molecule has 20 heavy (non-hydrogen) atoms. The minimum absolute atomic E-state index is 0.649. The van der Waals surface area contributed by atoms with Gasteiger partial charge in [-0.2, -0.15) is 0 Å². The Kier molecular flexibility index (Phi) is 7.31. The Balaban J connectivity index is 2.76. The van der Waals surface area contributed by atoms with Crippen LogP contribution in [0.2, 0.25) is 0 Å². The Morgan fingerprint density at radius 3 is 2.70 bits per heavy atom. The van der Waals surface area contributed by atoms with Crippen LogP contribution in [0.15, 0.2) is 28.8 Å². The van der Waals surface area contributed by atoms with Crippen molar-refractivity contribution in [2.45, 2.75) is 40.7 Å². The molecule has 0 fully saturated rings. The van der Waals surface area contributed by atoms with Crippen LogP contribution in [0, 0.1) is 12.8 Å². The normalized spacial score (nSPS) is 10.9. The fourth-order valence-electron chi connectivity index (χ4n) is 1.96. The highest BCUT2D eigenvalue weighted by Gasteiger charge is 2.09. The van der Waals surface area contributed by atoms with Gasteiger partial charge in [0.2, 0.25) is 0 Å². The van der Waals surface area contributed by atoms with Gasteiger partial charge < -0.3 is 10.1 Å². The van der Waals surface area contributed by atoms with Crippen LogP contribution in [0.3, 0.4) is 0 Å². The second kappa shape index (κ2) is 8.48. The van der Waals surface area contributed by atoms with Crippen molar-refractivity contribution in [1.82, 2.24) is 5.32 Å². The van der Waals surface area contributed by atoms with Crippen LogP contribution < -0.4 is 10.1 Å². The molecule has 2 nitrogen and oxygen atoms in total. The summed E-state index contributed by atoms with van der Waals surface area (Å²) in [5.41, 5.74) is 3.53. The summed E-state index contributed by atoms with van der Waals surface area (Å²) in [4.78, 5) is 0. The molecule has 0 aromatic heterocycles. The molecule has 0 amide bonds. The molecule has 1 rings (SSSR count). The zero-order valence-electron chi connectivity index (χ0n) is 13.1. The van der Waals surface area contributed by atoms with E-state index >= 15 is 0 Å². The van der Waals surface area contributed by atoms with Crippen molar-refractivity contribution < 1.29 is 4.74 Å². The first kappa shape index (κ1) is 17.3. The maximum Gasteiger partial charge on any atom is 0.126 e. The minimum atomic E-state index is 0.649. The van der Waals surface area contributed by atoms with Crippen molar-refractivity contribution in [1.29, 1.82) is 0 Å². The van der Waals surface area contributed by atoms with E-state index in [-0.39, 0.29) is 0 Å². The molecule has 0 aliphatic carbocycles. The molecular formula is C17H26BrNO. The molecule has 0 unspecified atom stereocenters. The van der Waals surface area contributed by atoms with Gasteiger partial charge in [0, 0.05) is 23.0 Å². The first-order valence-corrected chi connectivity index (χ1v) is 7.96. The van der Waals surface area contributed by atoms with Crippen LogP contribution in [0.25, 0.3) is 0 Å². The van der Waals surface area contributed by atoms with Crippen molar-refractivity contribution in [2.24, 2.45) is 5.92 Å². The predicted octanol–water partition coefficient (Wildman–Crippen LogP) is 4.85. The van der Waals surface area contributed by atoms with E-state index in [9.17, 15) is 0 Å². The molecule has 0 aliphatic heterocycles. The lowest BCUT2D eigenvalue weighted by Gasteiger charge is -2.16. The third kappa shape index (κ3) is 6.10. The molecule has 0 heterocycles. The number of halogens is 1. The van der Waals surface area contributed by atoms with Gasteiger partial charge in [-0.3, -0.25) is 0 Å². The van der Waals surface area contributed by atoms with Gasteiger partial charge in [-0.25, -0.2) is 0 Å². The van der Waals surface area contributed by atoms with E-state index in [1.165, 1.54) is 11.1 Å². The van der Waals surface area contributed by atoms with Gasteiger partial charge in [0.25, 0.3) is 0 Å². The Hall–Kier alpha value is -0.800. The maximum absolute atomic E-state index is 5.97. The van der Waals surface area contributed by atoms with Gasteiger partial charge in [-0.15, -0.1) is 6.58 Å². The van der Waals surface area contributed by atoms with E-state index in [0.29, 0.717) is 12.5 Å². The van der Waals surface area contributed by atoms with E-state index < -0.39 is 0 Å². The molecule has 3 heteroatoms. The third-order valence-electron chi connectivity index (χ3n) is 2.96. The smallest absolute Gasteiger partial charge is 0.126 e. The van der Waals surface area contributed by atoms with Gasteiger partial charge in [-0.1, -0.05) is 35.4 Å². The van der Waals surface area contributed by atoms with E-state index in [4.69, 9.17) is 4.74 Å². The largest absolute Gasteiger partial charge is 0.493 e. The lowest BCUT2D eigenvalue weighted by Crippen LogP contribution is -2.19. The van der Waals surface area contributed by atoms with Gasteiger partial charge in [0.1, 0.15) is 5.75 Å². The highest BCUT2D eigenvalue weighted by molar-refractivity contribution is 9.10. The van der Waals surface area contributed by atoms with Crippen molar-refractivity contribution in [3.63, 3.8) is 0 Å². The van der Waals surface area contributed by atoms with E-state index in [0.717, 1.165) is 35.3 Å². The summed E-state index contributed by atoms with van der Waals surface area (Å²) in [6.45, 7) is 15.0. The standard InChI is InChI=1S/C17H26BrNO/c1-12(2)6-7-20-17-14(5)8-16(18)9-15(17)11-19-10-13(3)4/h8-9,13,19H,1,6-7,10-11H2,2-5H3. The summed E-state index contributed by atoms with van der Waals surface area (Å²) in [5.74, 6) is 1.65. The molecule has 0 aliphatic rings. The molecule has 0 spiro atoms. The number of hydrogen-bond donors (Lipinski definition) is 1. The molecule has 1 aromatic rings. The summed E-state index contributed by atoms with van der Waals surface area (Å²) in [6, 6.07) is 4.23. The molecule has 0 saturated carbocycles. The van der Waals surface area contributed by atoms with Gasteiger partial charge >= 0.3 is 0 Å². The topological polar surface area (TPSA) is 21.3 Å². The molecule has 112 valence electrons. The third-order valence-corrected chi connectivity index (χ3v) is 3.42. The van der Waals surface area contributed by atoms with Crippen LogP contribution >= 0.6 is 15.9 Å². The molecule has 1 N–H and O–H groups in total. The fraction of sp³-hybridized carbons (Fsp3) is 0.529. The number of benzene rings is 1. The number of aryl methyl sites for hydroxylation is 1. The van der Waals surface area contributed by atoms with Crippen LogP contribution in [0.1, 0.15) is 38.3 Å². The fourth-order valence-corrected chi connectivity index (χ4v) is 2.58. The highest BCUT2D eigenvalue weighted by atomic mass is 79.9. The average Bonchev–Trinajstić information content (AvgIpc) is 2.31. The average molecular weight is 340 g/mol. The first-order chi connectivity index (χ1) is 9.40. The number of ether oxygens (including phenoxy) is 1. The highest BCUT2D eigenvalue weighted by Crippen LogP contribution is 2.28. The zero-order chi connectivity index (χ0) is 15.1. The van der Waals surface area contributed by atoms with E-state index in [2.05, 4.69) is 60.7 Å². The van der Waals surface area contributed by atoms with Crippen molar-refractivity contribution in [2.75, 3.05) is 13.2 Å². The molecular weight excluding hydrogens is 314 g/mol. The van der Waals surface area contributed by atoms with Gasteiger partial charge in [0.15, 0.2) is 0 Å². The molecule has 1 aromatic carbocycles. The Bertz CT molecular complexity index is 455. The summed E-state index contributed by atoms with van der Waals surface area (Å²) < 4.78 is 7.07. The number of rotatable bonds is 8. The molecule has 0 bridgehead atoms. The SMILES string of the molecule is C=C(C)CCOc1c(C)cc(Br)cc1CNCC(C)C. The van der Waals surface area contributed by atoms with Gasteiger partial charge in [-0.05, 0) is 44.0 Å². The summed E-state index contributed by atoms with van der Waals surface area (Å²) >= 11 is 3.56. The quantitative estimate of drug-likeness (QED) is 0.683. The lowest BCUT2D eigenvalue weighted by molar-refractivity contribution is 0.315. The van der Waals surface area contributed by atoms with Crippen molar-refractivity contribution in [3.8, 4) is 5.75 Å². The zero-order valence-corrected chi connectivity index (χ0v) is 14.6. The Labute approximate surface area is 131 Å². The second-order valence-corrected chi connectivity index (χ2v) is 6.71. The Morgan fingerprint density at radius 1 is 1.40 bits per heavy atom. The van der Waals surface area contributed by atoms with Gasteiger partial charge in [0.05, 0.1) is 6.61 Å². The Morgan fingerprint density at radius 2 is 2.10 bits per heavy atom.